The van der Waals surface area contributed by atoms with E-state index in [0.29, 0.717) is 6.54 Å². The molecule has 1 aliphatic rings. The van der Waals surface area contributed by atoms with Gasteiger partial charge in [0.15, 0.2) is 0 Å². The average Bonchev–Trinajstić information content (AvgIpc) is 2.43. The van der Waals surface area contributed by atoms with Gasteiger partial charge < -0.3 is 10.1 Å². The molecule has 0 aliphatic carbocycles. The lowest BCUT2D eigenvalue weighted by atomic mass is 10.1. The van der Waals surface area contributed by atoms with E-state index in [0.717, 1.165) is 4.90 Å². The minimum Gasteiger partial charge on any atom is -0.377 e. The van der Waals surface area contributed by atoms with Gasteiger partial charge in [-0.15, -0.1) is 0 Å². The predicted molar refractivity (Wildman–Crippen MR) is 55.3 cm³/mol. The largest absolute Gasteiger partial charge is 0.377 e. The zero-order chi connectivity index (χ0) is 11.6. The van der Waals surface area contributed by atoms with Crippen molar-refractivity contribution in [2.45, 2.75) is 31.9 Å². The van der Waals surface area contributed by atoms with Gasteiger partial charge in [0.2, 0.25) is 11.8 Å². The van der Waals surface area contributed by atoms with Gasteiger partial charge in [-0.3, -0.25) is 14.5 Å². The number of nitrogens with zero attached hydrogens (tertiary/aromatic N) is 1. The quantitative estimate of drug-likeness (QED) is 0.656. The molecule has 0 spiro atoms. The van der Waals surface area contributed by atoms with E-state index in [9.17, 15) is 9.59 Å². The van der Waals surface area contributed by atoms with Gasteiger partial charge in [0, 0.05) is 20.7 Å². The molecule has 1 aliphatic heterocycles. The van der Waals surface area contributed by atoms with Gasteiger partial charge in [-0.1, -0.05) is 0 Å². The molecule has 1 atom stereocenters. The second kappa shape index (κ2) is 4.28. The van der Waals surface area contributed by atoms with Crippen LogP contribution in [0.25, 0.3) is 0 Å². The van der Waals surface area contributed by atoms with Crippen LogP contribution in [0.2, 0.25) is 0 Å². The maximum absolute atomic E-state index is 11.5. The summed E-state index contributed by atoms with van der Waals surface area (Å²) in [7, 11) is 3.13. The molecule has 1 unspecified atom stereocenters. The second-order valence-electron chi connectivity index (χ2n) is 4.39. The number of likely N-dealkylation sites (tertiary alicyclic amines) is 1. The Bertz CT molecular complexity index is 276. The first-order valence-corrected chi connectivity index (χ1v) is 4.96. The monoisotopic (exact) mass is 214 g/mol. The highest BCUT2D eigenvalue weighted by Crippen LogP contribution is 2.12. The molecule has 0 radical (unpaired) electrons. The van der Waals surface area contributed by atoms with Gasteiger partial charge in [0.05, 0.1) is 18.1 Å². The molecule has 0 aromatic heterocycles. The number of hydrogen-bond acceptors (Lipinski definition) is 4. The van der Waals surface area contributed by atoms with E-state index in [4.69, 9.17) is 4.74 Å². The summed E-state index contributed by atoms with van der Waals surface area (Å²) in [6.45, 7) is 4.39. The number of amides is 2. The lowest BCUT2D eigenvalue weighted by Crippen LogP contribution is -2.45. The van der Waals surface area contributed by atoms with Crippen LogP contribution in [0.5, 0.6) is 0 Å². The Morgan fingerprint density at radius 1 is 1.53 bits per heavy atom. The molecule has 1 rings (SSSR count). The highest BCUT2D eigenvalue weighted by Gasteiger charge is 2.36. The number of ether oxygens (including phenoxy) is 1. The minimum atomic E-state index is -0.392. The molecule has 86 valence electrons. The summed E-state index contributed by atoms with van der Waals surface area (Å²) in [6, 6.07) is -0.392. The zero-order valence-electron chi connectivity index (χ0n) is 9.66. The molecule has 15 heavy (non-hydrogen) atoms. The van der Waals surface area contributed by atoms with E-state index < -0.39 is 6.04 Å². The summed E-state index contributed by atoms with van der Waals surface area (Å²) in [5.74, 6) is -0.292. The topological polar surface area (TPSA) is 58.6 Å². The zero-order valence-corrected chi connectivity index (χ0v) is 9.66. The van der Waals surface area contributed by atoms with Crippen molar-refractivity contribution in [2.75, 3.05) is 20.7 Å². The summed E-state index contributed by atoms with van der Waals surface area (Å²) in [6.07, 6.45) is 0.245. The van der Waals surface area contributed by atoms with Crippen LogP contribution in [0.1, 0.15) is 20.3 Å². The fraction of sp³-hybridized carbons (Fsp3) is 0.800. The van der Waals surface area contributed by atoms with E-state index in [1.165, 1.54) is 7.05 Å². The van der Waals surface area contributed by atoms with Crippen molar-refractivity contribution in [3.63, 3.8) is 0 Å². The molecule has 1 saturated heterocycles. The van der Waals surface area contributed by atoms with Gasteiger partial charge in [-0.2, -0.15) is 0 Å². The number of rotatable bonds is 4. The first-order valence-electron chi connectivity index (χ1n) is 4.96. The smallest absolute Gasteiger partial charge is 0.246 e. The van der Waals surface area contributed by atoms with E-state index in [1.807, 2.05) is 13.8 Å². The van der Waals surface area contributed by atoms with Crippen molar-refractivity contribution in [2.24, 2.45) is 0 Å². The molecular weight excluding hydrogens is 196 g/mol. The number of carbonyl (C=O) groups excluding carboxylic acids is 2. The van der Waals surface area contributed by atoms with Crippen LogP contribution in [0, 0.1) is 0 Å². The first kappa shape index (κ1) is 12.1. The fourth-order valence-corrected chi connectivity index (χ4v) is 1.36. The van der Waals surface area contributed by atoms with Crippen molar-refractivity contribution in [1.29, 1.82) is 0 Å². The number of methoxy groups -OCH3 is 1. The Labute approximate surface area is 89.8 Å². The Hall–Kier alpha value is -0.940. The molecule has 0 saturated carbocycles. The Kier molecular flexibility index (Phi) is 3.46. The van der Waals surface area contributed by atoms with Gasteiger partial charge in [-0.05, 0) is 13.8 Å². The normalized spacial score (nSPS) is 22.7. The van der Waals surface area contributed by atoms with E-state index >= 15 is 0 Å². The van der Waals surface area contributed by atoms with Gasteiger partial charge in [-0.25, -0.2) is 0 Å². The van der Waals surface area contributed by atoms with Crippen LogP contribution >= 0.6 is 0 Å². The summed E-state index contributed by atoms with van der Waals surface area (Å²) in [5, 5.41) is 3.05. The third-order valence-corrected chi connectivity index (χ3v) is 2.71. The van der Waals surface area contributed by atoms with Crippen LogP contribution in [0.3, 0.4) is 0 Å². The van der Waals surface area contributed by atoms with Gasteiger partial charge in [0.25, 0.3) is 0 Å². The van der Waals surface area contributed by atoms with Crippen molar-refractivity contribution in [3.8, 4) is 0 Å². The molecule has 0 bridgehead atoms. The molecular formula is C10H18N2O3. The molecule has 2 amide bonds. The summed E-state index contributed by atoms with van der Waals surface area (Å²) in [4.78, 5) is 23.9. The average molecular weight is 214 g/mol. The Morgan fingerprint density at radius 3 is 2.53 bits per heavy atom. The van der Waals surface area contributed by atoms with E-state index in [1.54, 1.807) is 7.11 Å². The van der Waals surface area contributed by atoms with Crippen molar-refractivity contribution >= 4 is 11.8 Å². The number of hydrogen-bond donors (Lipinski definition) is 1. The van der Waals surface area contributed by atoms with Crippen molar-refractivity contribution < 1.29 is 14.3 Å². The fourth-order valence-electron chi connectivity index (χ4n) is 1.36. The summed E-state index contributed by atoms with van der Waals surface area (Å²) < 4.78 is 5.21. The van der Waals surface area contributed by atoms with Crippen LogP contribution in [0.4, 0.5) is 0 Å². The Morgan fingerprint density at radius 2 is 2.13 bits per heavy atom. The van der Waals surface area contributed by atoms with E-state index in [2.05, 4.69) is 5.32 Å². The summed E-state index contributed by atoms with van der Waals surface area (Å²) in [5.41, 5.74) is -0.329. The molecule has 1 fully saturated rings. The first-order chi connectivity index (χ1) is 6.87. The van der Waals surface area contributed by atoms with Gasteiger partial charge in [0.1, 0.15) is 0 Å². The number of imide groups is 1. The lowest BCUT2D eigenvalue weighted by molar-refractivity contribution is -0.137. The lowest BCUT2D eigenvalue weighted by Gasteiger charge is -2.24. The number of nitrogens with one attached hydrogen (secondary N) is 1. The molecule has 1 heterocycles. The predicted octanol–water partition coefficient (Wildman–Crippen LogP) is -0.242. The standard InChI is InChI=1S/C10H18N2O3/c1-10(2,15-4)6-11-7-5-8(13)12(3)9(7)14/h7,11H,5-6H2,1-4H3. The maximum atomic E-state index is 11.5. The second-order valence-corrected chi connectivity index (χ2v) is 4.39. The molecule has 5 nitrogen and oxygen atoms in total. The van der Waals surface area contributed by atoms with E-state index in [-0.39, 0.29) is 23.8 Å². The van der Waals surface area contributed by atoms with Crippen LogP contribution < -0.4 is 5.32 Å². The van der Waals surface area contributed by atoms with Crippen molar-refractivity contribution in [1.82, 2.24) is 10.2 Å². The third kappa shape index (κ3) is 2.76. The van der Waals surface area contributed by atoms with Crippen LogP contribution in [0.15, 0.2) is 0 Å². The third-order valence-electron chi connectivity index (χ3n) is 2.71. The molecule has 1 N–H and O–H groups in total. The Balaban J connectivity index is 2.48. The highest BCUT2D eigenvalue weighted by molar-refractivity contribution is 6.05. The maximum Gasteiger partial charge on any atom is 0.246 e. The highest BCUT2D eigenvalue weighted by atomic mass is 16.5. The van der Waals surface area contributed by atoms with Crippen LogP contribution in [-0.2, 0) is 14.3 Å². The number of carbonyl (C=O) groups is 2. The number of likely N-dealkylation sites (N-methyl/N-ethyl adjacent to an activating group) is 1. The molecule has 5 heteroatoms. The molecule has 0 aromatic carbocycles. The van der Waals surface area contributed by atoms with Crippen molar-refractivity contribution in [3.05, 3.63) is 0 Å². The SMILES string of the molecule is COC(C)(C)CNC1CC(=O)N(C)C1=O. The molecule has 0 aromatic rings. The van der Waals surface area contributed by atoms with Gasteiger partial charge >= 0.3 is 0 Å². The van der Waals surface area contributed by atoms with Crippen LogP contribution in [-0.4, -0.2) is 49.1 Å². The summed E-state index contributed by atoms with van der Waals surface area (Å²) >= 11 is 0. The minimum absolute atomic E-state index is 0.132.